The van der Waals surface area contributed by atoms with Crippen molar-refractivity contribution in [3.8, 4) is 16.9 Å². The van der Waals surface area contributed by atoms with Gasteiger partial charge >= 0.3 is 0 Å². The molecule has 2 aromatic carbocycles. The Morgan fingerprint density at radius 1 is 0.933 bits per heavy atom. The summed E-state index contributed by atoms with van der Waals surface area (Å²) >= 11 is 0. The second-order valence-corrected chi connectivity index (χ2v) is 7.29. The third kappa shape index (κ3) is 4.30. The Balaban J connectivity index is 1.62. The van der Waals surface area contributed by atoms with Crippen molar-refractivity contribution in [1.82, 2.24) is 20.1 Å². The van der Waals surface area contributed by atoms with Crippen LogP contribution in [0, 0.1) is 13.8 Å². The van der Waals surface area contributed by atoms with Gasteiger partial charge in [-0.15, -0.1) is 0 Å². The van der Waals surface area contributed by atoms with Crippen molar-refractivity contribution in [3.63, 3.8) is 0 Å². The number of nitrogens with one attached hydrogen (secondary N) is 1. The Bertz CT molecular complexity index is 1150. The molecule has 0 spiro atoms. The lowest BCUT2D eigenvalue weighted by Gasteiger charge is -2.08. The van der Waals surface area contributed by atoms with E-state index in [1.54, 1.807) is 10.9 Å². The third-order valence-corrected chi connectivity index (χ3v) is 5.14. The quantitative estimate of drug-likeness (QED) is 0.521. The van der Waals surface area contributed by atoms with Crippen molar-refractivity contribution in [1.29, 1.82) is 0 Å². The summed E-state index contributed by atoms with van der Waals surface area (Å²) < 4.78 is 1.71. The number of aromatic nitrogens is 3. The zero-order chi connectivity index (χ0) is 20.9. The minimum absolute atomic E-state index is 0.155. The van der Waals surface area contributed by atoms with Crippen molar-refractivity contribution in [3.05, 3.63) is 102 Å². The van der Waals surface area contributed by atoms with Gasteiger partial charge in [0.15, 0.2) is 0 Å². The molecule has 0 saturated heterocycles. The monoisotopic (exact) mass is 396 g/mol. The largest absolute Gasteiger partial charge is 0.350 e. The van der Waals surface area contributed by atoms with E-state index in [-0.39, 0.29) is 5.91 Å². The van der Waals surface area contributed by atoms with Crippen LogP contribution in [0.25, 0.3) is 16.9 Å². The summed E-state index contributed by atoms with van der Waals surface area (Å²) in [6.45, 7) is 4.68. The van der Waals surface area contributed by atoms with Gasteiger partial charge in [0.1, 0.15) is 5.69 Å². The van der Waals surface area contributed by atoms with Crippen molar-refractivity contribution >= 4 is 5.91 Å². The van der Waals surface area contributed by atoms with Crippen molar-refractivity contribution in [2.75, 3.05) is 6.54 Å². The summed E-state index contributed by atoms with van der Waals surface area (Å²) in [4.78, 5) is 17.3. The Hall–Kier alpha value is -3.73. The van der Waals surface area contributed by atoms with E-state index in [4.69, 9.17) is 5.10 Å². The molecule has 4 rings (SSSR count). The van der Waals surface area contributed by atoms with Gasteiger partial charge in [0.25, 0.3) is 5.91 Å². The molecule has 0 aliphatic rings. The number of hydrogen-bond donors (Lipinski definition) is 1. The van der Waals surface area contributed by atoms with E-state index < -0.39 is 0 Å². The van der Waals surface area contributed by atoms with Crippen LogP contribution in [0.4, 0.5) is 0 Å². The van der Waals surface area contributed by atoms with E-state index in [1.807, 2.05) is 60.7 Å². The predicted molar refractivity (Wildman–Crippen MR) is 119 cm³/mol. The number of aryl methyl sites for hydroxylation is 2. The number of amides is 1. The van der Waals surface area contributed by atoms with Gasteiger partial charge in [-0.3, -0.25) is 9.78 Å². The van der Waals surface area contributed by atoms with Crippen LogP contribution in [0.2, 0.25) is 0 Å². The molecule has 0 aliphatic carbocycles. The van der Waals surface area contributed by atoms with E-state index in [0.29, 0.717) is 18.7 Å². The Morgan fingerprint density at radius 2 is 1.73 bits per heavy atom. The second-order valence-electron chi connectivity index (χ2n) is 7.29. The van der Waals surface area contributed by atoms with Gasteiger partial charge in [0, 0.05) is 30.4 Å². The fraction of sp³-hybridized carbons (Fsp3) is 0.160. The zero-order valence-electron chi connectivity index (χ0n) is 17.2. The average molecular weight is 396 g/mol. The predicted octanol–water partition coefficient (Wildman–Crippen LogP) is 4.52. The van der Waals surface area contributed by atoms with Crippen LogP contribution in [0.5, 0.6) is 0 Å². The lowest BCUT2D eigenvalue weighted by Crippen LogP contribution is -2.28. The molecule has 2 heterocycles. The Labute approximate surface area is 176 Å². The first-order valence-corrected chi connectivity index (χ1v) is 10.0. The molecule has 0 fully saturated rings. The molecule has 0 aliphatic heterocycles. The van der Waals surface area contributed by atoms with Gasteiger partial charge in [-0.25, -0.2) is 4.68 Å². The molecule has 150 valence electrons. The Morgan fingerprint density at radius 3 is 2.47 bits per heavy atom. The molecule has 0 atom stereocenters. The topological polar surface area (TPSA) is 59.8 Å². The lowest BCUT2D eigenvalue weighted by atomic mass is 10.0. The van der Waals surface area contributed by atoms with E-state index in [0.717, 1.165) is 22.6 Å². The standard InChI is InChI=1S/C25H24N4O/c1-18-11-12-20(16-19(18)2)23-17-24(29(28-23)22-9-4-3-5-10-22)25(30)27-15-13-21-8-6-7-14-26-21/h3-12,14,16-17H,13,15H2,1-2H3,(H,27,30). The summed E-state index contributed by atoms with van der Waals surface area (Å²) in [6, 6.07) is 23.6. The van der Waals surface area contributed by atoms with Crippen LogP contribution < -0.4 is 5.32 Å². The summed E-state index contributed by atoms with van der Waals surface area (Å²) in [6.07, 6.45) is 2.44. The van der Waals surface area contributed by atoms with Crippen LogP contribution in [0.1, 0.15) is 27.3 Å². The first-order valence-electron chi connectivity index (χ1n) is 10.0. The van der Waals surface area contributed by atoms with E-state index >= 15 is 0 Å². The van der Waals surface area contributed by atoms with Gasteiger partial charge in [0.2, 0.25) is 0 Å². The maximum absolute atomic E-state index is 13.0. The highest BCUT2D eigenvalue weighted by molar-refractivity contribution is 5.94. The molecule has 5 nitrogen and oxygen atoms in total. The zero-order valence-corrected chi connectivity index (χ0v) is 17.2. The van der Waals surface area contributed by atoms with Crippen molar-refractivity contribution in [2.45, 2.75) is 20.3 Å². The molecule has 1 amide bonds. The average Bonchev–Trinajstić information content (AvgIpc) is 3.23. The smallest absolute Gasteiger partial charge is 0.270 e. The fourth-order valence-electron chi connectivity index (χ4n) is 3.29. The molecule has 1 N–H and O–H groups in total. The maximum Gasteiger partial charge on any atom is 0.270 e. The molecule has 2 aromatic heterocycles. The number of pyridine rings is 1. The molecule has 0 bridgehead atoms. The second kappa shape index (κ2) is 8.74. The van der Waals surface area contributed by atoms with Gasteiger partial charge in [-0.1, -0.05) is 36.4 Å². The van der Waals surface area contributed by atoms with Crippen LogP contribution in [-0.4, -0.2) is 27.2 Å². The van der Waals surface area contributed by atoms with E-state index in [1.165, 1.54) is 11.1 Å². The Kier molecular flexibility index (Phi) is 5.70. The highest BCUT2D eigenvalue weighted by Gasteiger charge is 2.17. The number of benzene rings is 2. The summed E-state index contributed by atoms with van der Waals surface area (Å²) in [5.74, 6) is -0.155. The molecule has 0 saturated carbocycles. The van der Waals surface area contributed by atoms with Gasteiger partial charge in [0.05, 0.1) is 11.4 Å². The molecular weight excluding hydrogens is 372 g/mol. The van der Waals surface area contributed by atoms with Crippen molar-refractivity contribution in [2.24, 2.45) is 0 Å². The van der Waals surface area contributed by atoms with Crippen LogP contribution >= 0.6 is 0 Å². The highest BCUT2D eigenvalue weighted by atomic mass is 16.2. The first kappa shape index (κ1) is 19.6. The maximum atomic E-state index is 13.0. The van der Waals surface area contributed by atoms with Gasteiger partial charge < -0.3 is 5.32 Å². The van der Waals surface area contributed by atoms with Crippen LogP contribution in [0.15, 0.2) is 79.0 Å². The molecule has 0 radical (unpaired) electrons. The highest BCUT2D eigenvalue weighted by Crippen LogP contribution is 2.24. The van der Waals surface area contributed by atoms with E-state index in [9.17, 15) is 4.79 Å². The number of nitrogens with zero attached hydrogens (tertiary/aromatic N) is 3. The SMILES string of the molecule is Cc1ccc(-c2cc(C(=O)NCCc3ccccn3)n(-c3ccccc3)n2)cc1C. The van der Waals surface area contributed by atoms with Gasteiger partial charge in [-0.05, 0) is 61.4 Å². The van der Waals surface area contributed by atoms with Crippen LogP contribution in [0.3, 0.4) is 0 Å². The first-order chi connectivity index (χ1) is 14.6. The molecule has 30 heavy (non-hydrogen) atoms. The summed E-state index contributed by atoms with van der Waals surface area (Å²) in [5, 5.41) is 7.76. The molecule has 5 heteroatoms. The molecule has 4 aromatic rings. The summed E-state index contributed by atoms with van der Waals surface area (Å²) in [7, 11) is 0. The number of carbonyl (C=O) groups is 1. The number of rotatable bonds is 6. The lowest BCUT2D eigenvalue weighted by molar-refractivity contribution is 0.0946. The third-order valence-electron chi connectivity index (χ3n) is 5.14. The number of hydrogen-bond acceptors (Lipinski definition) is 3. The molecule has 0 unspecified atom stereocenters. The summed E-state index contributed by atoms with van der Waals surface area (Å²) in [5.41, 5.74) is 6.51. The fourth-order valence-corrected chi connectivity index (χ4v) is 3.29. The number of carbonyl (C=O) groups excluding carboxylic acids is 1. The van der Waals surface area contributed by atoms with Crippen LogP contribution in [-0.2, 0) is 6.42 Å². The normalized spacial score (nSPS) is 10.7. The van der Waals surface area contributed by atoms with Gasteiger partial charge in [-0.2, -0.15) is 5.10 Å². The number of para-hydroxylation sites is 1. The van der Waals surface area contributed by atoms with Crippen molar-refractivity contribution < 1.29 is 4.79 Å². The minimum atomic E-state index is -0.155. The molecular formula is C25H24N4O. The minimum Gasteiger partial charge on any atom is -0.350 e. The van der Waals surface area contributed by atoms with E-state index in [2.05, 4.69) is 36.3 Å².